The Balaban J connectivity index is 2.12. The van der Waals surface area contributed by atoms with Crippen LogP contribution in [0.15, 0.2) is 18.6 Å². The molecular weight excluding hydrogens is 242 g/mol. The lowest BCUT2D eigenvalue weighted by Crippen LogP contribution is -2.10. The van der Waals surface area contributed by atoms with Crippen LogP contribution in [0.4, 0.5) is 11.6 Å². The molecule has 6 heteroatoms. The molecule has 2 aromatic rings. The molecule has 0 aliphatic rings. The van der Waals surface area contributed by atoms with E-state index in [4.69, 9.17) is 4.74 Å². The zero-order chi connectivity index (χ0) is 13.5. The number of nitrogens with zero attached hydrogens (tertiary/aromatic N) is 3. The minimum absolute atomic E-state index is 0.742. The van der Waals surface area contributed by atoms with Crippen LogP contribution < -0.4 is 10.6 Å². The molecule has 0 aromatic carbocycles. The molecular formula is C13H21N5O. The normalized spacial score (nSPS) is 10.8. The van der Waals surface area contributed by atoms with Gasteiger partial charge < -0.3 is 19.8 Å². The predicted molar refractivity (Wildman–Crippen MR) is 76.8 cm³/mol. The first-order chi connectivity index (χ1) is 9.35. The maximum atomic E-state index is 5.04. The Bertz CT molecular complexity index is 511. The largest absolute Gasteiger partial charge is 0.385 e. The molecule has 0 atom stereocenters. The number of hydrogen-bond donors (Lipinski definition) is 2. The Morgan fingerprint density at radius 3 is 3.00 bits per heavy atom. The maximum Gasteiger partial charge on any atom is 0.180 e. The second kappa shape index (κ2) is 6.94. The number of ether oxygens (including phenoxy) is 1. The van der Waals surface area contributed by atoms with E-state index in [-0.39, 0.29) is 0 Å². The van der Waals surface area contributed by atoms with Gasteiger partial charge in [0.1, 0.15) is 5.82 Å². The Kier molecular flexibility index (Phi) is 4.97. The number of rotatable bonds is 8. The van der Waals surface area contributed by atoms with Gasteiger partial charge in [0, 0.05) is 39.2 Å². The van der Waals surface area contributed by atoms with Gasteiger partial charge in [-0.2, -0.15) is 0 Å². The lowest BCUT2D eigenvalue weighted by Gasteiger charge is -2.10. The standard InChI is InChI=1S/C13H21N5O/c1-3-5-14-11-10-18-8-7-16-13(18)12(17-11)15-6-4-9-19-2/h7-8,10,14H,3-6,9H2,1-2H3,(H,15,17). The summed E-state index contributed by atoms with van der Waals surface area (Å²) in [6.45, 7) is 4.61. The van der Waals surface area contributed by atoms with Crippen molar-refractivity contribution in [3.63, 3.8) is 0 Å². The van der Waals surface area contributed by atoms with Gasteiger partial charge in [0.25, 0.3) is 0 Å². The van der Waals surface area contributed by atoms with Crippen molar-refractivity contribution >= 4 is 17.3 Å². The summed E-state index contributed by atoms with van der Waals surface area (Å²) in [5.74, 6) is 1.67. The highest BCUT2D eigenvalue weighted by atomic mass is 16.5. The van der Waals surface area contributed by atoms with Gasteiger partial charge >= 0.3 is 0 Å². The smallest absolute Gasteiger partial charge is 0.180 e. The number of methoxy groups -OCH3 is 1. The molecule has 19 heavy (non-hydrogen) atoms. The third-order valence-electron chi connectivity index (χ3n) is 2.75. The molecule has 6 nitrogen and oxygen atoms in total. The molecule has 0 spiro atoms. The fourth-order valence-corrected chi connectivity index (χ4v) is 1.81. The maximum absolute atomic E-state index is 5.04. The predicted octanol–water partition coefficient (Wildman–Crippen LogP) is 2.00. The summed E-state index contributed by atoms with van der Waals surface area (Å²) in [6, 6.07) is 0. The summed E-state index contributed by atoms with van der Waals surface area (Å²) < 4.78 is 7.01. The van der Waals surface area contributed by atoms with Crippen LogP contribution in [0.1, 0.15) is 19.8 Å². The number of fused-ring (bicyclic) bond motifs is 1. The molecule has 0 fully saturated rings. The number of hydrogen-bond acceptors (Lipinski definition) is 5. The molecule has 0 unspecified atom stereocenters. The van der Waals surface area contributed by atoms with Gasteiger partial charge in [-0.15, -0.1) is 0 Å². The van der Waals surface area contributed by atoms with E-state index in [0.29, 0.717) is 0 Å². The van der Waals surface area contributed by atoms with E-state index >= 15 is 0 Å². The second-order valence-electron chi connectivity index (χ2n) is 4.33. The minimum Gasteiger partial charge on any atom is -0.385 e. The number of imidazole rings is 1. The first-order valence-corrected chi connectivity index (χ1v) is 6.65. The van der Waals surface area contributed by atoms with E-state index in [1.54, 1.807) is 13.3 Å². The van der Waals surface area contributed by atoms with E-state index < -0.39 is 0 Å². The zero-order valence-corrected chi connectivity index (χ0v) is 11.5. The third-order valence-corrected chi connectivity index (χ3v) is 2.75. The monoisotopic (exact) mass is 263 g/mol. The SMILES string of the molecule is CCCNc1cn2ccnc2c(NCCCOC)n1. The van der Waals surface area contributed by atoms with Crippen LogP contribution in [0, 0.1) is 0 Å². The van der Waals surface area contributed by atoms with E-state index in [9.17, 15) is 0 Å². The highest BCUT2D eigenvalue weighted by Crippen LogP contribution is 2.16. The summed E-state index contributed by atoms with van der Waals surface area (Å²) in [6.07, 6.45) is 7.67. The third kappa shape index (κ3) is 3.57. The van der Waals surface area contributed by atoms with Crippen molar-refractivity contribution in [2.45, 2.75) is 19.8 Å². The Hall–Kier alpha value is -1.82. The molecule has 104 valence electrons. The van der Waals surface area contributed by atoms with E-state index in [1.165, 1.54) is 0 Å². The van der Waals surface area contributed by atoms with Crippen molar-refractivity contribution in [3.05, 3.63) is 18.6 Å². The summed E-state index contributed by atoms with van der Waals surface area (Å²) in [5.41, 5.74) is 0.847. The molecule has 2 heterocycles. The van der Waals surface area contributed by atoms with Crippen molar-refractivity contribution < 1.29 is 4.74 Å². The van der Waals surface area contributed by atoms with Crippen molar-refractivity contribution in [2.24, 2.45) is 0 Å². The van der Waals surface area contributed by atoms with E-state index in [0.717, 1.165) is 49.8 Å². The van der Waals surface area contributed by atoms with Gasteiger partial charge in [-0.3, -0.25) is 0 Å². The summed E-state index contributed by atoms with van der Waals surface area (Å²) in [7, 11) is 1.71. The van der Waals surface area contributed by atoms with E-state index in [2.05, 4.69) is 27.5 Å². The number of anilines is 2. The van der Waals surface area contributed by atoms with Gasteiger partial charge in [-0.25, -0.2) is 9.97 Å². The van der Waals surface area contributed by atoms with Crippen LogP contribution in [-0.2, 0) is 4.74 Å². The lowest BCUT2D eigenvalue weighted by molar-refractivity contribution is 0.198. The molecule has 0 bridgehead atoms. The molecule has 0 saturated carbocycles. The fraction of sp³-hybridized carbons (Fsp3) is 0.538. The zero-order valence-electron chi connectivity index (χ0n) is 11.5. The summed E-state index contributed by atoms with van der Waals surface area (Å²) in [4.78, 5) is 8.88. The summed E-state index contributed by atoms with van der Waals surface area (Å²) in [5, 5.41) is 6.60. The number of aromatic nitrogens is 3. The average molecular weight is 263 g/mol. The van der Waals surface area contributed by atoms with Gasteiger partial charge in [0.15, 0.2) is 11.5 Å². The number of nitrogens with one attached hydrogen (secondary N) is 2. The molecule has 2 rings (SSSR count). The highest BCUT2D eigenvalue weighted by Gasteiger charge is 2.06. The van der Waals surface area contributed by atoms with E-state index in [1.807, 2.05) is 16.8 Å². The van der Waals surface area contributed by atoms with Crippen molar-refractivity contribution in [3.8, 4) is 0 Å². The Morgan fingerprint density at radius 2 is 2.21 bits per heavy atom. The Morgan fingerprint density at radius 1 is 1.32 bits per heavy atom. The fourth-order valence-electron chi connectivity index (χ4n) is 1.81. The first-order valence-electron chi connectivity index (χ1n) is 6.65. The second-order valence-corrected chi connectivity index (χ2v) is 4.33. The molecule has 0 aliphatic heterocycles. The Labute approximate surface area is 113 Å². The summed E-state index contributed by atoms with van der Waals surface area (Å²) >= 11 is 0. The van der Waals surface area contributed by atoms with Crippen molar-refractivity contribution in [1.29, 1.82) is 0 Å². The topological polar surface area (TPSA) is 63.5 Å². The van der Waals surface area contributed by atoms with Gasteiger partial charge in [-0.1, -0.05) is 6.92 Å². The van der Waals surface area contributed by atoms with Crippen molar-refractivity contribution in [1.82, 2.24) is 14.4 Å². The molecule has 0 amide bonds. The quantitative estimate of drug-likeness (QED) is 0.713. The minimum atomic E-state index is 0.742. The van der Waals surface area contributed by atoms with Crippen LogP contribution in [-0.4, -0.2) is 41.2 Å². The van der Waals surface area contributed by atoms with Crippen LogP contribution in [0.3, 0.4) is 0 Å². The van der Waals surface area contributed by atoms with Crippen molar-refractivity contribution in [2.75, 3.05) is 37.4 Å². The van der Waals surface area contributed by atoms with Crippen LogP contribution in [0.5, 0.6) is 0 Å². The van der Waals surface area contributed by atoms with Gasteiger partial charge in [0.2, 0.25) is 0 Å². The molecule has 2 aromatic heterocycles. The average Bonchev–Trinajstić information content (AvgIpc) is 2.89. The molecule has 2 N–H and O–H groups in total. The molecule has 0 aliphatic carbocycles. The van der Waals surface area contributed by atoms with Gasteiger partial charge in [-0.05, 0) is 12.8 Å². The highest BCUT2D eigenvalue weighted by molar-refractivity contribution is 5.65. The lowest BCUT2D eigenvalue weighted by atomic mass is 10.4. The molecule has 0 radical (unpaired) electrons. The van der Waals surface area contributed by atoms with Crippen LogP contribution >= 0.6 is 0 Å². The molecule has 0 saturated heterocycles. The van der Waals surface area contributed by atoms with Gasteiger partial charge in [0.05, 0.1) is 6.20 Å². The van der Waals surface area contributed by atoms with Crippen LogP contribution in [0.2, 0.25) is 0 Å². The van der Waals surface area contributed by atoms with Crippen LogP contribution in [0.25, 0.3) is 5.65 Å². The first kappa shape index (κ1) is 13.6.